The normalized spacial score (nSPS) is 9.32. The Bertz CT molecular complexity index is 603. The molecule has 0 aliphatic rings. The second-order valence-corrected chi connectivity index (χ2v) is 4.22. The molecule has 0 fully saturated rings. The third-order valence-corrected chi connectivity index (χ3v) is 2.57. The Hall–Kier alpha value is -2.53. The minimum Gasteiger partial charge on any atom is -0.326 e. The number of hydrogen-bond donors (Lipinski definition) is 1. The van der Waals surface area contributed by atoms with E-state index in [0.29, 0.717) is 6.42 Å². The zero-order chi connectivity index (χ0) is 13.5. The van der Waals surface area contributed by atoms with Crippen molar-refractivity contribution in [3.63, 3.8) is 0 Å². The van der Waals surface area contributed by atoms with E-state index in [4.69, 9.17) is 0 Å². The molecule has 0 heterocycles. The molecule has 0 aromatic heterocycles. The van der Waals surface area contributed by atoms with Crippen LogP contribution < -0.4 is 5.32 Å². The zero-order valence-electron chi connectivity index (χ0n) is 10.8. The number of hydrogen-bond acceptors (Lipinski definition) is 1. The van der Waals surface area contributed by atoms with Crippen molar-refractivity contribution >= 4 is 11.6 Å². The van der Waals surface area contributed by atoms with Gasteiger partial charge < -0.3 is 5.32 Å². The average molecular weight is 249 g/mol. The van der Waals surface area contributed by atoms with Crippen LogP contribution in [0.3, 0.4) is 0 Å². The number of carbonyl (C=O) groups excluding carboxylic acids is 1. The summed E-state index contributed by atoms with van der Waals surface area (Å²) in [4.78, 5) is 10.9. The van der Waals surface area contributed by atoms with Gasteiger partial charge in [-0.15, -0.1) is 0 Å². The fourth-order valence-corrected chi connectivity index (χ4v) is 1.68. The Morgan fingerprint density at radius 2 is 1.74 bits per heavy atom. The van der Waals surface area contributed by atoms with E-state index < -0.39 is 0 Å². The van der Waals surface area contributed by atoms with Gasteiger partial charge in [-0.3, -0.25) is 4.79 Å². The Labute approximate surface area is 113 Å². The molecule has 1 amide bonds. The summed E-state index contributed by atoms with van der Waals surface area (Å²) in [5, 5.41) is 2.74. The van der Waals surface area contributed by atoms with Crippen LogP contribution in [0.5, 0.6) is 0 Å². The second-order valence-electron chi connectivity index (χ2n) is 4.22. The van der Waals surface area contributed by atoms with Gasteiger partial charge in [-0.1, -0.05) is 42.2 Å². The molecule has 2 rings (SSSR count). The lowest BCUT2D eigenvalue weighted by Gasteiger charge is -2.02. The van der Waals surface area contributed by atoms with Crippen molar-refractivity contribution < 1.29 is 4.79 Å². The molecule has 0 saturated heterocycles. The van der Waals surface area contributed by atoms with Crippen LogP contribution in [0, 0.1) is 11.8 Å². The van der Waals surface area contributed by atoms with E-state index in [2.05, 4.69) is 17.2 Å². The molecule has 0 unspecified atom stereocenters. The lowest BCUT2D eigenvalue weighted by Crippen LogP contribution is -2.05. The second kappa shape index (κ2) is 6.42. The molecular formula is C17H15NO. The summed E-state index contributed by atoms with van der Waals surface area (Å²) in [7, 11) is 0. The third-order valence-electron chi connectivity index (χ3n) is 2.57. The van der Waals surface area contributed by atoms with Crippen molar-refractivity contribution in [1.82, 2.24) is 0 Å². The summed E-state index contributed by atoms with van der Waals surface area (Å²) in [6.07, 6.45) is 0.704. The standard InChI is InChI=1S/C17H15NO/c1-14(19)18-17-12-10-16(11-13-17)9-5-8-15-6-3-2-4-7-15/h2-4,6-7,10-13H,9H2,1H3,(H,18,19). The lowest BCUT2D eigenvalue weighted by molar-refractivity contribution is -0.114. The maximum Gasteiger partial charge on any atom is 0.221 e. The molecule has 94 valence electrons. The summed E-state index contributed by atoms with van der Waals surface area (Å²) in [5.41, 5.74) is 2.97. The molecule has 0 atom stereocenters. The van der Waals surface area contributed by atoms with E-state index in [-0.39, 0.29) is 5.91 Å². The summed E-state index contributed by atoms with van der Waals surface area (Å²) < 4.78 is 0. The summed E-state index contributed by atoms with van der Waals surface area (Å²) in [6, 6.07) is 17.7. The quantitative estimate of drug-likeness (QED) is 0.813. The lowest BCUT2D eigenvalue weighted by atomic mass is 10.1. The van der Waals surface area contributed by atoms with Crippen molar-refractivity contribution in [2.75, 3.05) is 5.32 Å². The highest BCUT2D eigenvalue weighted by molar-refractivity contribution is 5.88. The van der Waals surface area contributed by atoms with Gasteiger partial charge in [0.2, 0.25) is 5.91 Å². The molecular weight excluding hydrogens is 234 g/mol. The molecule has 0 radical (unpaired) electrons. The first kappa shape index (κ1) is 12.9. The van der Waals surface area contributed by atoms with Crippen LogP contribution in [-0.2, 0) is 11.2 Å². The highest BCUT2D eigenvalue weighted by Crippen LogP contribution is 2.09. The average Bonchev–Trinajstić information content (AvgIpc) is 2.41. The van der Waals surface area contributed by atoms with E-state index in [0.717, 1.165) is 16.8 Å². The van der Waals surface area contributed by atoms with Crippen LogP contribution in [0.4, 0.5) is 5.69 Å². The number of benzene rings is 2. The van der Waals surface area contributed by atoms with Crippen molar-refractivity contribution in [3.8, 4) is 11.8 Å². The molecule has 0 aliphatic carbocycles. The van der Waals surface area contributed by atoms with Gasteiger partial charge in [0, 0.05) is 24.6 Å². The van der Waals surface area contributed by atoms with E-state index in [1.54, 1.807) is 0 Å². The molecule has 2 aromatic rings. The van der Waals surface area contributed by atoms with Gasteiger partial charge in [-0.25, -0.2) is 0 Å². The van der Waals surface area contributed by atoms with Gasteiger partial charge in [0.05, 0.1) is 0 Å². The molecule has 0 saturated carbocycles. The van der Waals surface area contributed by atoms with Crippen LogP contribution in [0.2, 0.25) is 0 Å². The van der Waals surface area contributed by atoms with Gasteiger partial charge in [0.25, 0.3) is 0 Å². The minimum absolute atomic E-state index is 0.0587. The van der Waals surface area contributed by atoms with Gasteiger partial charge >= 0.3 is 0 Å². The highest BCUT2D eigenvalue weighted by atomic mass is 16.1. The molecule has 19 heavy (non-hydrogen) atoms. The number of nitrogens with one attached hydrogen (secondary N) is 1. The Morgan fingerprint density at radius 3 is 2.37 bits per heavy atom. The molecule has 0 aliphatic heterocycles. The predicted molar refractivity (Wildman–Crippen MR) is 77.8 cm³/mol. The molecule has 1 N–H and O–H groups in total. The maximum atomic E-state index is 10.9. The van der Waals surface area contributed by atoms with Gasteiger partial charge in [-0.2, -0.15) is 0 Å². The largest absolute Gasteiger partial charge is 0.326 e. The topological polar surface area (TPSA) is 29.1 Å². The first-order valence-corrected chi connectivity index (χ1v) is 6.14. The van der Waals surface area contributed by atoms with Crippen LogP contribution >= 0.6 is 0 Å². The van der Waals surface area contributed by atoms with Crippen LogP contribution in [-0.4, -0.2) is 5.91 Å². The first-order valence-electron chi connectivity index (χ1n) is 6.14. The van der Waals surface area contributed by atoms with E-state index >= 15 is 0 Å². The Morgan fingerprint density at radius 1 is 1.05 bits per heavy atom. The maximum absolute atomic E-state index is 10.9. The van der Waals surface area contributed by atoms with Crippen molar-refractivity contribution in [2.45, 2.75) is 13.3 Å². The molecule has 0 bridgehead atoms. The molecule has 2 heteroatoms. The number of amides is 1. The van der Waals surface area contributed by atoms with Crippen LogP contribution in [0.1, 0.15) is 18.1 Å². The monoisotopic (exact) mass is 249 g/mol. The van der Waals surface area contributed by atoms with Crippen LogP contribution in [0.25, 0.3) is 0 Å². The molecule has 0 spiro atoms. The van der Waals surface area contributed by atoms with E-state index in [1.165, 1.54) is 6.92 Å². The van der Waals surface area contributed by atoms with Gasteiger partial charge in [-0.05, 0) is 29.8 Å². The number of carbonyl (C=O) groups is 1. The number of anilines is 1. The fourth-order valence-electron chi connectivity index (χ4n) is 1.68. The molecule has 2 nitrogen and oxygen atoms in total. The molecule has 2 aromatic carbocycles. The third kappa shape index (κ3) is 4.33. The first-order chi connectivity index (χ1) is 9.24. The predicted octanol–water partition coefficient (Wildman–Crippen LogP) is 3.24. The minimum atomic E-state index is -0.0587. The smallest absolute Gasteiger partial charge is 0.221 e. The van der Waals surface area contributed by atoms with Crippen molar-refractivity contribution in [3.05, 3.63) is 65.7 Å². The summed E-state index contributed by atoms with van der Waals surface area (Å²) in [6.45, 7) is 1.50. The SMILES string of the molecule is CC(=O)Nc1ccc(CC#Cc2ccccc2)cc1. The van der Waals surface area contributed by atoms with Crippen LogP contribution in [0.15, 0.2) is 54.6 Å². The van der Waals surface area contributed by atoms with Crippen molar-refractivity contribution in [1.29, 1.82) is 0 Å². The van der Waals surface area contributed by atoms with Gasteiger partial charge in [0.15, 0.2) is 0 Å². The highest BCUT2D eigenvalue weighted by Gasteiger charge is 1.95. The van der Waals surface area contributed by atoms with E-state index in [9.17, 15) is 4.79 Å². The Kier molecular flexibility index (Phi) is 4.36. The van der Waals surface area contributed by atoms with Crippen molar-refractivity contribution in [2.24, 2.45) is 0 Å². The van der Waals surface area contributed by atoms with Gasteiger partial charge in [0.1, 0.15) is 0 Å². The summed E-state index contributed by atoms with van der Waals surface area (Å²) in [5.74, 6) is 6.20. The zero-order valence-corrected chi connectivity index (χ0v) is 10.8. The summed E-state index contributed by atoms with van der Waals surface area (Å²) >= 11 is 0. The Balaban J connectivity index is 1.97. The van der Waals surface area contributed by atoms with E-state index in [1.807, 2.05) is 54.6 Å². The fraction of sp³-hybridized carbons (Fsp3) is 0.118. The number of rotatable bonds is 2.